The van der Waals surface area contributed by atoms with Gasteiger partial charge in [0.25, 0.3) is 0 Å². The van der Waals surface area contributed by atoms with Gasteiger partial charge in [0.15, 0.2) is 0 Å². The van der Waals surface area contributed by atoms with Gasteiger partial charge in [0.05, 0.1) is 11.7 Å². The lowest BCUT2D eigenvalue weighted by molar-refractivity contribution is 0.299. The summed E-state index contributed by atoms with van der Waals surface area (Å²) in [5.41, 5.74) is 3.56. The fourth-order valence-electron chi connectivity index (χ4n) is 2.24. The molecule has 0 aromatic carbocycles. The minimum Gasteiger partial charge on any atom is -0.396 e. The maximum atomic E-state index is 9.00. The molecule has 1 aromatic heterocycles. The van der Waals surface area contributed by atoms with E-state index in [1.165, 1.54) is 29.2 Å². The molecule has 2 rings (SSSR count). The molecule has 1 saturated heterocycles. The standard InChI is InChI=1S/C11H18N2OS/c1-8-11(3-5-14)9(2)13(12-8)10-4-6-15-7-10/h10,14H,3-7H2,1-2H3. The van der Waals surface area contributed by atoms with Gasteiger partial charge in [0.1, 0.15) is 0 Å². The number of aromatic nitrogens is 2. The highest BCUT2D eigenvalue weighted by atomic mass is 32.2. The van der Waals surface area contributed by atoms with Gasteiger partial charge in [-0.05, 0) is 38.0 Å². The number of aryl methyl sites for hydroxylation is 1. The normalized spacial score (nSPS) is 21.1. The lowest BCUT2D eigenvalue weighted by atomic mass is 10.1. The molecule has 1 aromatic rings. The quantitative estimate of drug-likeness (QED) is 0.852. The van der Waals surface area contributed by atoms with Crippen molar-refractivity contribution in [2.75, 3.05) is 18.1 Å². The minimum atomic E-state index is 0.215. The van der Waals surface area contributed by atoms with Gasteiger partial charge in [-0.1, -0.05) is 0 Å². The largest absolute Gasteiger partial charge is 0.396 e. The number of thioether (sulfide) groups is 1. The Bertz CT molecular complexity index is 343. The Kier molecular flexibility index (Phi) is 3.36. The van der Waals surface area contributed by atoms with Gasteiger partial charge in [-0.15, -0.1) is 0 Å². The van der Waals surface area contributed by atoms with E-state index in [4.69, 9.17) is 5.11 Å². The van der Waals surface area contributed by atoms with Crippen molar-refractivity contribution in [1.29, 1.82) is 0 Å². The Labute approximate surface area is 94.9 Å². The number of aliphatic hydroxyl groups is 1. The van der Waals surface area contributed by atoms with Crippen molar-refractivity contribution in [2.45, 2.75) is 32.7 Å². The van der Waals surface area contributed by atoms with Gasteiger partial charge < -0.3 is 5.11 Å². The Morgan fingerprint density at radius 1 is 1.53 bits per heavy atom. The molecule has 15 heavy (non-hydrogen) atoms. The van der Waals surface area contributed by atoms with Crippen LogP contribution in [0.15, 0.2) is 0 Å². The number of hydrogen-bond acceptors (Lipinski definition) is 3. The predicted molar refractivity (Wildman–Crippen MR) is 63.5 cm³/mol. The molecule has 1 N–H and O–H groups in total. The van der Waals surface area contributed by atoms with Crippen LogP contribution in [-0.4, -0.2) is 33.0 Å². The topological polar surface area (TPSA) is 38.0 Å². The summed E-state index contributed by atoms with van der Waals surface area (Å²) in [6.45, 7) is 4.37. The van der Waals surface area contributed by atoms with Gasteiger partial charge in [-0.3, -0.25) is 4.68 Å². The SMILES string of the molecule is Cc1nn(C2CCSC2)c(C)c1CCO. The monoisotopic (exact) mass is 226 g/mol. The summed E-state index contributed by atoms with van der Waals surface area (Å²) in [7, 11) is 0. The second-order valence-corrected chi connectivity index (χ2v) is 5.23. The van der Waals surface area contributed by atoms with E-state index in [1.54, 1.807) is 0 Å². The van der Waals surface area contributed by atoms with E-state index < -0.39 is 0 Å². The molecular formula is C11H18N2OS. The fraction of sp³-hybridized carbons (Fsp3) is 0.727. The van der Waals surface area contributed by atoms with E-state index in [-0.39, 0.29) is 6.61 Å². The lowest BCUT2D eigenvalue weighted by Gasteiger charge is -2.11. The van der Waals surface area contributed by atoms with Gasteiger partial charge in [0.2, 0.25) is 0 Å². The lowest BCUT2D eigenvalue weighted by Crippen LogP contribution is -2.11. The number of hydrogen-bond donors (Lipinski definition) is 1. The molecule has 0 spiro atoms. The summed E-state index contributed by atoms with van der Waals surface area (Å²) in [5.74, 6) is 2.43. The highest BCUT2D eigenvalue weighted by molar-refractivity contribution is 7.99. The molecule has 1 atom stereocenters. The average Bonchev–Trinajstić information content (AvgIpc) is 2.81. The molecule has 0 aliphatic carbocycles. The molecule has 0 saturated carbocycles. The maximum Gasteiger partial charge on any atom is 0.0629 e. The fourth-order valence-corrected chi connectivity index (χ4v) is 3.43. The van der Waals surface area contributed by atoms with Gasteiger partial charge in [-0.25, -0.2) is 0 Å². The molecule has 2 heterocycles. The summed E-state index contributed by atoms with van der Waals surface area (Å²) < 4.78 is 2.17. The van der Waals surface area contributed by atoms with E-state index in [2.05, 4.69) is 16.7 Å². The minimum absolute atomic E-state index is 0.215. The molecule has 1 aliphatic rings. The Morgan fingerprint density at radius 3 is 2.93 bits per heavy atom. The second-order valence-electron chi connectivity index (χ2n) is 4.08. The van der Waals surface area contributed by atoms with Crippen molar-refractivity contribution in [3.8, 4) is 0 Å². The third kappa shape index (κ3) is 2.06. The second kappa shape index (κ2) is 4.58. The molecule has 84 valence electrons. The van der Waals surface area contributed by atoms with Crippen LogP contribution < -0.4 is 0 Å². The molecule has 1 fully saturated rings. The van der Waals surface area contributed by atoms with Crippen LogP contribution in [0.2, 0.25) is 0 Å². The molecular weight excluding hydrogens is 208 g/mol. The van der Waals surface area contributed by atoms with E-state index >= 15 is 0 Å². The first kappa shape index (κ1) is 11.0. The molecule has 0 radical (unpaired) electrons. The highest BCUT2D eigenvalue weighted by Crippen LogP contribution is 2.29. The first-order valence-corrected chi connectivity index (χ1v) is 6.62. The van der Waals surface area contributed by atoms with Crippen molar-refractivity contribution in [1.82, 2.24) is 9.78 Å². The zero-order chi connectivity index (χ0) is 10.8. The highest BCUT2D eigenvalue weighted by Gasteiger charge is 2.21. The van der Waals surface area contributed by atoms with Crippen LogP contribution in [0.25, 0.3) is 0 Å². The molecule has 1 unspecified atom stereocenters. The summed E-state index contributed by atoms with van der Waals surface area (Å²) in [6.07, 6.45) is 1.96. The van der Waals surface area contributed by atoms with Crippen LogP contribution in [0.3, 0.4) is 0 Å². The van der Waals surface area contributed by atoms with Crippen LogP contribution in [0.4, 0.5) is 0 Å². The van der Waals surface area contributed by atoms with Gasteiger partial charge in [-0.2, -0.15) is 16.9 Å². The molecule has 0 bridgehead atoms. The molecule has 1 aliphatic heterocycles. The Hall–Kier alpha value is -0.480. The molecule has 4 heteroatoms. The summed E-state index contributed by atoms with van der Waals surface area (Å²) in [5, 5.41) is 13.6. The first-order valence-electron chi connectivity index (χ1n) is 5.47. The van der Waals surface area contributed by atoms with Gasteiger partial charge in [0, 0.05) is 18.1 Å². The van der Waals surface area contributed by atoms with Crippen molar-refractivity contribution >= 4 is 11.8 Å². The van der Waals surface area contributed by atoms with Crippen molar-refractivity contribution in [3.05, 3.63) is 17.0 Å². The zero-order valence-electron chi connectivity index (χ0n) is 9.36. The van der Waals surface area contributed by atoms with Crippen LogP contribution in [0.1, 0.15) is 29.4 Å². The number of aliphatic hydroxyl groups excluding tert-OH is 1. The number of rotatable bonds is 3. The Morgan fingerprint density at radius 2 is 2.33 bits per heavy atom. The van der Waals surface area contributed by atoms with Crippen LogP contribution in [-0.2, 0) is 6.42 Å². The van der Waals surface area contributed by atoms with Gasteiger partial charge >= 0.3 is 0 Å². The van der Waals surface area contributed by atoms with E-state index in [0.717, 1.165) is 12.1 Å². The third-order valence-electron chi connectivity index (χ3n) is 3.09. The van der Waals surface area contributed by atoms with Crippen molar-refractivity contribution < 1.29 is 5.11 Å². The predicted octanol–water partition coefficient (Wildman–Crippen LogP) is 1.71. The van der Waals surface area contributed by atoms with E-state index in [0.29, 0.717) is 6.04 Å². The maximum absolute atomic E-state index is 9.00. The zero-order valence-corrected chi connectivity index (χ0v) is 10.2. The van der Waals surface area contributed by atoms with E-state index in [9.17, 15) is 0 Å². The number of nitrogens with zero attached hydrogens (tertiary/aromatic N) is 2. The summed E-state index contributed by atoms with van der Waals surface area (Å²) in [4.78, 5) is 0. The Balaban J connectivity index is 2.27. The van der Waals surface area contributed by atoms with Crippen LogP contribution >= 0.6 is 11.8 Å². The first-order chi connectivity index (χ1) is 7.24. The average molecular weight is 226 g/mol. The third-order valence-corrected chi connectivity index (χ3v) is 4.23. The summed E-state index contributed by atoms with van der Waals surface area (Å²) in [6, 6.07) is 0.571. The smallest absolute Gasteiger partial charge is 0.0629 e. The van der Waals surface area contributed by atoms with Crippen molar-refractivity contribution in [2.24, 2.45) is 0 Å². The van der Waals surface area contributed by atoms with Crippen LogP contribution in [0, 0.1) is 13.8 Å². The molecule has 0 amide bonds. The van der Waals surface area contributed by atoms with E-state index in [1.807, 2.05) is 18.7 Å². The van der Waals surface area contributed by atoms with Crippen molar-refractivity contribution in [3.63, 3.8) is 0 Å². The molecule has 3 nitrogen and oxygen atoms in total. The van der Waals surface area contributed by atoms with Crippen LogP contribution in [0.5, 0.6) is 0 Å². The summed E-state index contributed by atoms with van der Waals surface area (Å²) >= 11 is 2.00.